The second-order valence-electron chi connectivity index (χ2n) is 6.75. The van der Waals surface area contributed by atoms with Gasteiger partial charge in [0.05, 0.1) is 18.0 Å². The van der Waals surface area contributed by atoms with Crippen LogP contribution in [0.2, 0.25) is 0 Å². The van der Waals surface area contributed by atoms with Gasteiger partial charge in [-0.15, -0.1) is 0 Å². The van der Waals surface area contributed by atoms with E-state index in [1.807, 2.05) is 26.0 Å². The lowest BCUT2D eigenvalue weighted by Crippen LogP contribution is -2.42. The maximum absolute atomic E-state index is 12.5. The maximum atomic E-state index is 12.5. The smallest absolute Gasteiger partial charge is 0.314 e. The Hall–Kier alpha value is -2.32. The van der Waals surface area contributed by atoms with Crippen molar-refractivity contribution in [3.05, 3.63) is 40.6 Å². The van der Waals surface area contributed by atoms with Gasteiger partial charge in [-0.25, -0.2) is 4.68 Å². The summed E-state index contributed by atoms with van der Waals surface area (Å²) in [6, 6.07) is 5.81. The Balaban J connectivity index is 1.89. The largest absolute Gasteiger partial charge is 0.383 e. The number of carbonyl (C=O) groups is 2. The summed E-state index contributed by atoms with van der Waals surface area (Å²) in [5.41, 5.74) is 5.03. The van der Waals surface area contributed by atoms with Crippen molar-refractivity contribution in [2.24, 2.45) is 0 Å². The van der Waals surface area contributed by atoms with Crippen LogP contribution in [-0.4, -0.2) is 41.4 Å². The van der Waals surface area contributed by atoms with E-state index in [0.29, 0.717) is 12.4 Å². The fourth-order valence-corrected chi connectivity index (χ4v) is 4.14. The number of aryl methyl sites for hydroxylation is 2. The third kappa shape index (κ3) is 4.17. The molecule has 2 heterocycles. The predicted molar refractivity (Wildman–Crippen MR) is 106 cm³/mol. The number of hydrogen-bond acceptors (Lipinski definition) is 5. The third-order valence-electron chi connectivity index (χ3n) is 4.36. The van der Waals surface area contributed by atoms with E-state index in [4.69, 9.17) is 4.74 Å². The summed E-state index contributed by atoms with van der Waals surface area (Å²) in [6.45, 7) is 6.16. The van der Waals surface area contributed by atoms with Crippen molar-refractivity contribution in [2.45, 2.75) is 38.3 Å². The van der Waals surface area contributed by atoms with Gasteiger partial charge in [0, 0.05) is 30.2 Å². The van der Waals surface area contributed by atoms with E-state index in [0.717, 1.165) is 39.6 Å². The normalized spacial score (nSPS) is 13.9. The van der Waals surface area contributed by atoms with Crippen molar-refractivity contribution >= 4 is 29.4 Å². The first-order valence-electron chi connectivity index (χ1n) is 8.77. The number of hydrogen-bond donors (Lipinski definition) is 2. The van der Waals surface area contributed by atoms with Crippen molar-refractivity contribution in [1.29, 1.82) is 0 Å². The van der Waals surface area contributed by atoms with Gasteiger partial charge in [-0.05, 0) is 32.4 Å². The summed E-state index contributed by atoms with van der Waals surface area (Å²) in [5, 5.41) is 10.1. The van der Waals surface area contributed by atoms with Crippen LogP contribution in [0.5, 0.6) is 0 Å². The first-order valence-corrected chi connectivity index (χ1v) is 9.93. The highest BCUT2D eigenvalue weighted by molar-refractivity contribution is 7.98. The zero-order chi connectivity index (χ0) is 19.6. The summed E-state index contributed by atoms with van der Waals surface area (Å²) in [7, 11) is 1.55. The molecule has 1 aromatic heterocycles. The highest BCUT2D eigenvalue weighted by atomic mass is 32.2. The van der Waals surface area contributed by atoms with Gasteiger partial charge in [0.25, 0.3) is 0 Å². The molecule has 0 unspecified atom stereocenters. The molecule has 0 saturated heterocycles. The lowest BCUT2D eigenvalue weighted by atomic mass is 10.1. The minimum Gasteiger partial charge on any atom is -0.383 e. The quantitative estimate of drug-likeness (QED) is 0.768. The average molecular weight is 388 g/mol. The Bertz CT molecular complexity index is 878. The molecule has 27 heavy (non-hydrogen) atoms. The van der Waals surface area contributed by atoms with E-state index in [1.54, 1.807) is 30.5 Å². The molecule has 7 nitrogen and oxygen atoms in total. The fourth-order valence-electron chi connectivity index (χ4n) is 3.10. The van der Waals surface area contributed by atoms with Gasteiger partial charge >= 0.3 is 11.8 Å². The van der Waals surface area contributed by atoms with E-state index in [1.165, 1.54) is 0 Å². The molecule has 1 aromatic carbocycles. The first kappa shape index (κ1) is 19.4. The van der Waals surface area contributed by atoms with E-state index < -0.39 is 11.8 Å². The van der Waals surface area contributed by atoms with Crippen molar-refractivity contribution in [2.75, 3.05) is 19.0 Å². The number of methoxy groups -OCH3 is 1. The van der Waals surface area contributed by atoms with E-state index >= 15 is 0 Å². The summed E-state index contributed by atoms with van der Waals surface area (Å²) in [4.78, 5) is 24.7. The Kier molecular flexibility index (Phi) is 5.86. The number of carbonyl (C=O) groups excluding carboxylic acids is 2. The van der Waals surface area contributed by atoms with Crippen molar-refractivity contribution < 1.29 is 14.3 Å². The van der Waals surface area contributed by atoms with Crippen LogP contribution in [0, 0.1) is 13.8 Å². The molecule has 0 saturated carbocycles. The highest BCUT2D eigenvalue weighted by Gasteiger charge is 2.27. The van der Waals surface area contributed by atoms with Gasteiger partial charge in [-0.2, -0.15) is 16.9 Å². The molecule has 0 spiro atoms. The minimum atomic E-state index is -0.705. The molecule has 2 amide bonds. The van der Waals surface area contributed by atoms with Crippen LogP contribution in [0.4, 0.5) is 5.82 Å². The van der Waals surface area contributed by atoms with Crippen LogP contribution in [0.3, 0.4) is 0 Å². The van der Waals surface area contributed by atoms with Crippen LogP contribution in [0.1, 0.15) is 29.3 Å². The first-order chi connectivity index (χ1) is 12.9. The number of ether oxygens (including phenoxy) is 1. The second-order valence-corrected chi connectivity index (χ2v) is 7.74. The molecule has 2 aromatic rings. The van der Waals surface area contributed by atoms with E-state index in [-0.39, 0.29) is 6.04 Å². The molecule has 2 N–H and O–H groups in total. The number of aromatic nitrogens is 2. The Morgan fingerprint density at radius 3 is 2.78 bits per heavy atom. The lowest BCUT2D eigenvalue weighted by molar-refractivity contribution is -0.136. The molecule has 0 fully saturated rings. The number of fused-ring (bicyclic) bond motifs is 1. The zero-order valence-corrected chi connectivity index (χ0v) is 16.8. The van der Waals surface area contributed by atoms with Gasteiger partial charge in [0.15, 0.2) is 0 Å². The Labute approximate surface area is 162 Å². The number of benzene rings is 1. The predicted octanol–water partition coefficient (Wildman–Crippen LogP) is 2.33. The Morgan fingerprint density at radius 2 is 2.07 bits per heavy atom. The molecule has 1 aliphatic rings. The molecule has 3 rings (SSSR count). The molecular weight excluding hydrogens is 364 g/mol. The summed E-state index contributed by atoms with van der Waals surface area (Å²) in [5.74, 6) is 0.738. The highest BCUT2D eigenvalue weighted by Crippen LogP contribution is 2.36. The van der Waals surface area contributed by atoms with Crippen LogP contribution in [-0.2, 0) is 25.8 Å². The van der Waals surface area contributed by atoms with Gasteiger partial charge < -0.3 is 15.4 Å². The van der Waals surface area contributed by atoms with Gasteiger partial charge in [-0.1, -0.05) is 17.7 Å². The van der Waals surface area contributed by atoms with Crippen LogP contribution >= 0.6 is 11.8 Å². The molecule has 0 radical (unpaired) electrons. The van der Waals surface area contributed by atoms with Gasteiger partial charge in [0.2, 0.25) is 0 Å². The van der Waals surface area contributed by atoms with Crippen molar-refractivity contribution in [3.8, 4) is 5.69 Å². The maximum Gasteiger partial charge on any atom is 0.314 e. The molecule has 8 heteroatoms. The molecule has 1 atom stereocenters. The topological polar surface area (TPSA) is 85.2 Å². The van der Waals surface area contributed by atoms with Crippen molar-refractivity contribution in [1.82, 2.24) is 15.1 Å². The number of nitrogens with zero attached hydrogens (tertiary/aromatic N) is 2. The summed E-state index contributed by atoms with van der Waals surface area (Å²) in [6.07, 6.45) is 0. The molecule has 1 aliphatic heterocycles. The number of anilines is 1. The SMILES string of the molecule is COC[C@@H](C)NC(=O)C(=O)Nc1c2c(nn1-c1ccc(C)cc1C)CSC2. The number of thioether (sulfide) groups is 1. The number of rotatable bonds is 5. The Morgan fingerprint density at radius 1 is 1.30 bits per heavy atom. The van der Waals surface area contributed by atoms with Gasteiger partial charge in [0.1, 0.15) is 5.82 Å². The van der Waals surface area contributed by atoms with Gasteiger partial charge in [-0.3, -0.25) is 9.59 Å². The molecular formula is C19H24N4O3S. The second kappa shape index (κ2) is 8.14. The monoisotopic (exact) mass is 388 g/mol. The van der Waals surface area contributed by atoms with E-state index in [9.17, 15) is 9.59 Å². The standard InChI is InChI=1S/C19H24N4O3S/c1-11-5-6-16(12(2)7-11)23-17(14-9-27-10-15(14)22-23)21-19(25)18(24)20-13(3)8-26-4/h5-7,13H,8-10H2,1-4H3,(H,20,24)(H,21,25)/t13-/m1/s1. The summed E-state index contributed by atoms with van der Waals surface area (Å²) < 4.78 is 6.73. The fraction of sp³-hybridized carbons (Fsp3) is 0.421. The van der Waals surface area contributed by atoms with Crippen LogP contribution < -0.4 is 10.6 Å². The van der Waals surface area contributed by atoms with Crippen molar-refractivity contribution in [3.63, 3.8) is 0 Å². The number of amides is 2. The van der Waals surface area contributed by atoms with Crippen LogP contribution in [0.25, 0.3) is 5.69 Å². The zero-order valence-electron chi connectivity index (χ0n) is 16.0. The third-order valence-corrected chi connectivity index (χ3v) is 5.34. The number of nitrogens with one attached hydrogen (secondary N) is 2. The summed E-state index contributed by atoms with van der Waals surface area (Å²) >= 11 is 1.74. The minimum absolute atomic E-state index is 0.251. The lowest BCUT2D eigenvalue weighted by Gasteiger charge is -2.15. The average Bonchev–Trinajstić information content (AvgIpc) is 3.18. The molecule has 0 aliphatic carbocycles. The molecule has 144 valence electrons. The van der Waals surface area contributed by atoms with Crippen LogP contribution in [0.15, 0.2) is 18.2 Å². The molecule has 0 bridgehead atoms. The van der Waals surface area contributed by atoms with E-state index in [2.05, 4.69) is 21.8 Å².